The minimum absolute atomic E-state index is 0.251. The van der Waals surface area contributed by atoms with Crippen molar-refractivity contribution in [3.8, 4) is 0 Å². The minimum atomic E-state index is 0.251. The number of aldehydes is 1. The first kappa shape index (κ1) is 6.36. The largest absolute Gasteiger partial charge is 0.467 e. The first-order valence-corrected chi connectivity index (χ1v) is 2.99. The Labute approximate surface area is 57.4 Å². The zero-order valence-corrected chi connectivity index (χ0v) is 5.39. The van der Waals surface area contributed by atoms with Gasteiger partial charge in [0, 0.05) is 0 Å². The Kier molecular flexibility index (Phi) is 1.90. The number of hydrogen-bond acceptors (Lipinski definition) is 2. The third-order valence-electron chi connectivity index (χ3n) is 1.03. The highest BCUT2D eigenvalue weighted by Crippen LogP contribution is 2.09. The van der Waals surface area contributed by atoms with E-state index in [1.54, 1.807) is 6.07 Å². The van der Waals surface area contributed by atoms with Gasteiger partial charge in [-0.2, -0.15) is 0 Å². The summed E-state index contributed by atoms with van der Waals surface area (Å²) in [7, 11) is 0. The number of alkyl halides is 1. The van der Waals surface area contributed by atoms with Crippen LogP contribution in [-0.4, -0.2) is 6.29 Å². The third kappa shape index (κ3) is 1.13. The number of carbonyl (C=O) groups is 1. The van der Waals surface area contributed by atoms with Gasteiger partial charge in [-0.3, -0.25) is 4.79 Å². The zero-order valence-electron chi connectivity index (χ0n) is 4.63. The fourth-order valence-corrected chi connectivity index (χ4v) is 0.781. The topological polar surface area (TPSA) is 30.2 Å². The summed E-state index contributed by atoms with van der Waals surface area (Å²) < 4.78 is 4.84. The molecule has 0 fully saturated rings. The van der Waals surface area contributed by atoms with E-state index in [-0.39, 0.29) is 5.88 Å². The molecule has 1 aromatic heterocycles. The van der Waals surface area contributed by atoms with Crippen LogP contribution in [-0.2, 0) is 5.88 Å². The molecule has 0 aromatic carbocycles. The molecule has 0 atom stereocenters. The molecule has 2 nitrogen and oxygen atoms in total. The Hall–Kier alpha value is -0.760. The second-order valence-electron chi connectivity index (χ2n) is 1.55. The van der Waals surface area contributed by atoms with Gasteiger partial charge in [-0.15, -0.1) is 11.6 Å². The van der Waals surface area contributed by atoms with Crippen LogP contribution in [0.4, 0.5) is 0 Å². The van der Waals surface area contributed by atoms with Gasteiger partial charge >= 0.3 is 0 Å². The van der Waals surface area contributed by atoms with Crippen molar-refractivity contribution < 1.29 is 9.21 Å². The SMILES string of the molecule is O=Cc1ccoc1CCl. The van der Waals surface area contributed by atoms with E-state index in [0.29, 0.717) is 11.3 Å². The number of rotatable bonds is 2. The molecule has 1 heterocycles. The molecule has 0 saturated carbocycles. The van der Waals surface area contributed by atoms with Crippen LogP contribution in [0.15, 0.2) is 16.7 Å². The zero-order chi connectivity index (χ0) is 6.69. The second-order valence-corrected chi connectivity index (χ2v) is 1.82. The van der Waals surface area contributed by atoms with Crippen LogP contribution in [0.5, 0.6) is 0 Å². The highest BCUT2D eigenvalue weighted by atomic mass is 35.5. The highest BCUT2D eigenvalue weighted by molar-refractivity contribution is 6.17. The molecule has 3 heteroatoms. The standard InChI is InChI=1S/C6H5ClO2/c7-3-6-5(4-8)1-2-9-6/h1-2,4H,3H2. The number of halogens is 1. The van der Waals surface area contributed by atoms with E-state index < -0.39 is 0 Å². The second kappa shape index (κ2) is 2.69. The van der Waals surface area contributed by atoms with Crippen LogP contribution in [0.2, 0.25) is 0 Å². The van der Waals surface area contributed by atoms with E-state index in [0.717, 1.165) is 6.29 Å². The van der Waals surface area contributed by atoms with Crippen molar-refractivity contribution >= 4 is 17.9 Å². The van der Waals surface area contributed by atoms with E-state index in [2.05, 4.69) is 0 Å². The molecule has 0 aliphatic carbocycles. The molecule has 0 aliphatic rings. The van der Waals surface area contributed by atoms with Gasteiger partial charge in [-0.1, -0.05) is 0 Å². The Morgan fingerprint density at radius 3 is 3.00 bits per heavy atom. The molecular formula is C6H5ClO2. The lowest BCUT2D eigenvalue weighted by molar-refractivity contribution is 0.112. The number of carbonyl (C=O) groups excluding carboxylic acids is 1. The van der Waals surface area contributed by atoms with Crippen molar-refractivity contribution in [1.29, 1.82) is 0 Å². The molecule has 0 spiro atoms. The third-order valence-corrected chi connectivity index (χ3v) is 1.27. The summed E-state index contributed by atoms with van der Waals surface area (Å²) in [5.41, 5.74) is 0.532. The van der Waals surface area contributed by atoms with E-state index in [1.165, 1.54) is 6.26 Å². The van der Waals surface area contributed by atoms with Gasteiger partial charge in [0.15, 0.2) is 6.29 Å². The Morgan fingerprint density at radius 1 is 1.78 bits per heavy atom. The lowest BCUT2D eigenvalue weighted by atomic mass is 10.3. The lowest BCUT2D eigenvalue weighted by Crippen LogP contribution is -1.79. The Morgan fingerprint density at radius 2 is 2.56 bits per heavy atom. The number of hydrogen-bond donors (Lipinski definition) is 0. The summed E-state index contributed by atoms with van der Waals surface area (Å²) in [4.78, 5) is 10.1. The summed E-state index contributed by atoms with van der Waals surface area (Å²) in [5, 5.41) is 0. The highest BCUT2D eigenvalue weighted by Gasteiger charge is 2.01. The molecule has 0 radical (unpaired) electrons. The average Bonchev–Trinajstić information content (AvgIpc) is 2.33. The van der Waals surface area contributed by atoms with Crippen molar-refractivity contribution in [1.82, 2.24) is 0 Å². The van der Waals surface area contributed by atoms with Crippen LogP contribution < -0.4 is 0 Å². The molecule has 0 aliphatic heterocycles. The summed E-state index contributed by atoms with van der Waals surface area (Å²) in [6, 6.07) is 1.59. The monoisotopic (exact) mass is 144 g/mol. The van der Waals surface area contributed by atoms with Crippen molar-refractivity contribution in [3.05, 3.63) is 23.7 Å². The predicted octanol–water partition coefficient (Wildman–Crippen LogP) is 1.83. The predicted molar refractivity (Wildman–Crippen MR) is 33.7 cm³/mol. The summed E-state index contributed by atoms with van der Waals surface area (Å²) in [6.07, 6.45) is 2.17. The summed E-state index contributed by atoms with van der Waals surface area (Å²) in [5.74, 6) is 0.785. The van der Waals surface area contributed by atoms with Gasteiger partial charge in [-0.05, 0) is 6.07 Å². The quantitative estimate of drug-likeness (QED) is 0.468. The maximum Gasteiger partial charge on any atom is 0.153 e. The lowest BCUT2D eigenvalue weighted by Gasteiger charge is -1.84. The molecule has 9 heavy (non-hydrogen) atoms. The molecule has 0 amide bonds. The fourth-order valence-electron chi connectivity index (χ4n) is 0.564. The molecule has 0 bridgehead atoms. The molecular weight excluding hydrogens is 140 g/mol. The Bertz CT molecular complexity index is 205. The smallest absolute Gasteiger partial charge is 0.153 e. The van der Waals surface area contributed by atoms with Crippen molar-refractivity contribution in [3.63, 3.8) is 0 Å². The van der Waals surface area contributed by atoms with Gasteiger partial charge < -0.3 is 4.42 Å². The molecule has 1 aromatic rings. The average molecular weight is 145 g/mol. The van der Waals surface area contributed by atoms with Crippen LogP contribution in [0.3, 0.4) is 0 Å². The number of furan rings is 1. The molecule has 0 unspecified atom stereocenters. The van der Waals surface area contributed by atoms with Crippen molar-refractivity contribution in [2.45, 2.75) is 5.88 Å². The van der Waals surface area contributed by atoms with Crippen LogP contribution in [0, 0.1) is 0 Å². The summed E-state index contributed by atoms with van der Waals surface area (Å²) in [6.45, 7) is 0. The van der Waals surface area contributed by atoms with Gasteiger partial charge in [-0.25, -0.2) is 0 Å². The van der Waals surface area contributed by atoms with Crippen molar-refractivity contribution in [2.75, 3.05) is 0 Å². The normalized spacial score (nSPS) is 9.44. The maximum absolute atomic E-state index is 10.1. The van der Waals surface area contributed by atoms with E-state index in [1.807, 2.05) is 0 Å². The van der Waals surface area contributed by atoms with Crippen LogP contribution in [0.1, 0.15) is 16.1 Å². The molecule has 0 N–H and O–H groups in total. The first-order chi connectivity index (χ1) is 4.38. The van der Waals surface area contributed by atoms with E-state index >= 15 is 0 Å². The van der Waals surface area contributed by atoms with Gasteiger partial charge in [0.2, 0.25) is 0 Å². The van der Waals surface area contributed by atoms with Gasteiger partial charge in [0.1, 0.15) is 5.76 Å². The fraction of sp³-hybridized carbons (Fsp3) is 0.167. The Balaban J connectivity index is 2.98. The molecule has 48 valence electrons. The van der Waals surface area contributed by atoms with E-state index in [9.17, 15) is 4.79 Å². The summed E-state index contributed by atoms with van der Waals surface area (Å²) >= 11 is 5.40. The van der Waals surface area contributed by atoms with Crippen LogP contribution in [0.25, 0.3) is 0 Å². The van der Waals surface area contributed by atoms with Crippen LogP contribution >= 0.6 is 11.6 Å². The molecule has 1 rings (SSSR count). The first-order valence-electron chi connectivity index (χ1n) is 2.46. The maximum atomic E-state index is 10.1. The van der Waals surface area contributed by atoms with Gasteiger partial charge in [0.25, 0.3) is 0 Å². The minimum Gasteiger partial charge on any atom is -0.467 e. The molecule has 0 saturated heterocycles. The van der Waals surface area contributed by atoms with Gasteiger partial charge in [0.05, 0.1) is 17.7 Å². The van der Waals surface area contributed by atoms with Crippen molar-refractivity contribution in [2.24, 2.45) is 0 Å². The van der Waals surface area contributed by atoms with E-state index in [4.69, 9.17) is 16.0 Å².